The maximum atomic E-state index is 12.8. The number of piperidine rings is 1. The third-order valence-electron chi connectivity index (χ3n) is 5.48. The van der Waals surface area contributed by atoms with Crippen LogP contribution >= 0.6 is 0 Å². The molecule has 0 saturated carbocycles. The van der Waals surface area contributed by atoms with Gasteiger partial charge in [-0.15, -0.1) is 0 Å². The van der Waals surface area contributed by atoms with Gasteiger partial charge in [0.15, 0.2) is 0 Å². The zero-order valence-corrected chi connectivity index (χ0v) is 16.6. The number of hydrogen-bond acceptors (Lipinski definition) is 3. The summed E-state index contributed by atoms with van der Waals surface area (Å²) in [6, 6.07) is 0. The molecule has 136 valence electrons. The summed E-state index contributed by atoms with van der Waals surface area (Å²) in [6.07, 6.45) is 6.00. The van der Waals surface area contributed by atoms with Crippen molar-refractivity contribution in [3.8, 4) is 0 Å². The van der Waals surface area contributed by atoms with Crippen LogP contribution in [0.25, 0.3) is 0 Å². The van der Waals surface area contributed by atoms with Crippen LogP contribution in [0, 0.1) is 5.92 Å². The van der Waals surface area contributed by atoms with E-state index in [4.69, 9.17) is 4.74 Å². The van der Waals surface area contributed by atoms with Gasteiger partial charge in [0.05, 0.1) is 6.10 Å². The summed E-state index contributed by atoms with van der Waals surface area (Å²) < 4.78 is 6.34. The van der Waals surface area contributed by atoms with E-state index in [-0.39, 0.29) is 23.1 Å². The van der Waals surface area contributed by atoms with Gasteiger partial charge in [-0.25, -0.2) is 0 Å². The molecule has 0 aliphatic carbocycles. The number of nitrogens with zero attached hydrogens (tertiary/aromatic N) is 1. The number of Topliss-reactive ketones (excluding diaryl/α,β-unsaturated/α-hetero) is 1. The summed E-state index contributed by atoms with van der Waals surface area (Å²) in [4.78, 5) is 15.3. The van der Waals surface area contributed by atoms with Gasteiger partial charge in [0.25, 0.3) is 0 Å². The first kappa shape index (κ1) is 20.6. The largest absolute Gasteiger partial charge is 0.376 e. The summed E-state index contributed by atoms with van der Waals surface area (Å²) in [5, 5.41) is 0. The Balaban J connectivity index is 3.01. The van der Waals surface area contributed by atoms with Gasteiger partial charge in [0.1, 0.15) is 5.78 Å². The lowest BCUT2D eigenvalue weighted by molar-refractivity contribution is -0.169. The molecule has 1 aliphatic heterocycles. The van der Waals surface area contributed by atoms with Crippen molar-refractivity contribution in [2.24, 2.45) is 5.92 Å². The molecule has 0 radical (unpaired) electrons. The maximum absolute atomic E-state index is 12.8. The van der Waals surface area contributed by atoms with Crippen LogP contribution in [0.5, 0.6) is 0 Å². The predicted molar refractivity (Wildman–Crippen MR) is 97.8 cm³/mol. The normalized spacial score (nSPS) is 27.1. The van der Waals surface area contributed by atoms with E-state index in [0.717, 1.165) is 32.4 Å². The molecule has 2 unspecified atom stereocenters. The molecule has 1 rings (SSSR count). The first-order valence-corrected chi connectivity index (χ1v) is 9.64. The van der Waals surface area contributed by atoms with E-state index in [1.54, 1.807) is 0 Å². The second-order valence-corrected chi connectivity index (χ2v) is 8.24. The third kappa shape index (κ3) is 4.79. The van der Waals surface area contributed by atoms with Crippen molar-refractivity contribution in [3.05, 3.63) is 0 Å². The lowest BCUT2D eigenvalue weighted by Crippen LogP contribution is -2.68. The molecule has 2 atom stereocenters. The van der Waals surface area contributed by atoms with E-state index in [9.17, 15) is 4.79 Å². The van der Waals surface area contributed by atoms with Gasteiger partial charge in [-0.05, 0) is 53.5 Å². The van der Waals surface area contributed by atoms with Crippen LogP contribution in [0.2, 0.25) is 0 Å². The van der Waals surface area contributed by atoms with Crippen LogP contribution in [0.1, 0.15) is 87.0 Å². The van der Waals surface area contributed by atoms with Gasteiger partial charge in [-0.2, -0.15) is 0 Å². The van der Waals surface area contributed by atoms with Crippen LogP contribution in [0.15, 0.2) is 0 Å². The van der Waals surface area contributed by atoms with Crippen LogP contribution in [-0.2, 0) is 9.53 Å². The SMILES string of the molecule is CCCCCOC1C(C(=O)CCC)CC(C)(C)N(CC)C1(C)C. The van der Waals surface area contributed by atoms with Crippen LogP contribution < -0.4 is 0 Å². The number of ether oxygens (including phenoxy) is 1. The van der Waals surface area contributed by atoms with Gasteiger partial charge < -0.3 is 4.74 Å². The highest BCUT2D eigenvalue weighted by atomic mass is 16.5. The second-order valence-electron chi connectivity index (χ2n) is 8.24. The van der Waals surface area contributed by atoms with Crippen molar-refractivity contribution in [2.75, 3.05) is 13.2 Å². The number of carbonyl (C=O) groups excluding carboxylic acids is 1. The summed E-state index contributed by atoms with van der Waals surface area (Å²) in [5.41, 5.74) is -0.0770. The topological polar surface area (TPSA) is 29.5 Å². The molecule has 0 aromatic heterocycles. The zero-order valence-electron chi connectivity index (χ0n) is 16.6. The van der Waals surface area contributed by atoms with Gasteiger partial charge in [-0.1, -0.05) is 33.6 Å². The first-order valence-electron chi connectivity index (χ1n) is 9.64. The van der Waals surface area contributed by atoms with Gasteiger partial charge in [0, 0.05) is 30.0 Å². The molecule has 3 heteroatoms. The highest BCUT2D eigenvalue weighted by molar-refractivity contribution is 5.82. The molecule has 3 nitrogen and oxygen atoms in total. The van der Waals surface area contributed by atoms with E-state index in [0.29, 0.717) is 12.2 Å². The van der Waals surface area contributed by atoms with Crippen molar-refractivity contribution in [2.45, 2.75) is 104 Å². The van der Waals surface area contributed by atoms with Crippen molar-refractivity contribution in [1.29, 1.82) is 0 Å². The summed E-state index contributed by atoms with van der Waals surface area (Å²) in [6.45, 7) is 17.3. The highest BCUT2D eigenvalue weighted by Crippen LogP contribution is 2.43. The smallest absolute Gasteiger partial charge is 0.138 e. The van der Waals surface area contributed by atoms with Crippen LogP contribution in [0.3, 0.4) is 0 Å². The molecule has 23 heavy (non-hydrogen) atoms. The quantitative estimate of drug-likeness (QED) is 0.569. The number of carbonyl (C=O) groups is 1. The Bertz CT molecular complexity index is 376. The van der Waals surface area contributed by atoms with Crippen LogP contribution in [-0.4, -0.2) is 41.0 Å². The van der Waals surface area contributed by atoms with E-state index in [2.05, 4.69) is 53.4 Å². The molecule has 1 saturated heterocycles. The highest BCUT2D eigenvalue weighted by Gasteiger charge is 2.53. The van der Waals surface area contributed by atoms with Crippen molar-refractivity contribution in [3.63, 3.8) is 0 Å². The van der Waals surface area contributed by atoms with Gasteiger partial charge in [-0.3, -0.25) is 9.69 Å². The fraction of sp³-hybridized carbons (Fsp3) is 0.950. The summed E-state index contributed by atoms with van der Waals surface area (Å²) in [5.74, 6) is 0.425. The van der Waals surface area contributed by atoms with E-state index < -0.39 is 0 Å². The second kappa shape index (κ2) is 8.62. The Morgan fingerprint density at radius 2 is 1.74 bits per heavy atom. The minimum Gasteiger partial charge on any atom is -0.376 e. The molecule has 0 amide bonds. The lowest BCUT2D eigenvalue weighted by atomic mass is 9.69. The minimum absolute atomic E-state index is 0.00591. The number of hydrogen-bond donors (Lipinski definition) is 0. The van der Waals surface area contributed by atoms with Gasteiger partial charge >= 0.3 is 0 Å². The molecule has 1 aliphatic rings. The Hall–Kier alpha value is -0.410. The molecule has 0 N–H and O–H groups in total. The van der Waals surface area contributed by atoms with E-state index >= 15 is 0 Å². The molecule has 1 heterocycles. The fourth-order valence-electron chi connectivity index (χ4n) is 4.61. The van der Waals surface area contributed by atoms with Crippen molar-refractivity contribution >= 4 is 5.78 Å². The molecule has 1 fully saturated rings. The Kier molecular flexibility index (Phi) is 7.73. The number of unbranched alkanes of at least 4 members (excludes halogenated alkanes) is 2. The molecule has 0 bridgehead atoms. The predicted octanol–water partition coefficient (Wildman–Crippen LogP) is 4.83. The number of ketones is 1. The fourth-order valence-corrected chi connectivity index (χ4v) is 4.61. The maximum Gasteiger partial charge on any atom is 0.138 e. The molecule has 0 aromatic rings. The molecule has 0 aromatic carbocycles. The minimum atomic E-state index is -0.114. The molecular formula is C20H39NO2. The Morgan fingerprint density at radius 3 is 2.26 bits per heavy atom. The standard InChI is InChI=1S/C20H39NO2/c1-8-11-12-14-23-18-16(17(22)13-9-2)15-19(4,5)21(10-3)20(18,6)7/h16,18H,8-15H2,1-7H3. The average molecular weight is 326 g/mol. The molecular weight excluding hydrogens is 286 g/mol. The summed E-state index contributed by atoms with van der Waals surface area (Å²) in [7, 11) is 0. The van der Waals surface area contributed by atoms with Gasteiger partial charge in [0.2, 0.25) is 0 Å². The zero-order chi connectivity index (χ0) is 17.7. The third-order valence-corrected chi connectivity index (χ3v) is 5.48. The van der Waals surface area contributed by atoms with E-state index in [1.807, 2.05) is 0 Å². The van der Waals surface area contributed by atoms with Crippen LogP contribution in [0.4, 0.5) is 0 Å². The Labute approximate surface area is 144 Å². The molecule has 0 spiro atoms. The monoisotopic (exact) mass is 325 g/mol. The Morgan fingerprint density at radius 1 is 1.09 bits per heavy atom. The van der Waals surface area contributed by atoms with Crippen molar-refractivity contribution in [1.82, 2.24) is 4.90 Å². The first-order chi connectivity index (χ1) is 10.7. The number of rotatable bonds is 9. The lowest BCUT2D eigenvalue weighted by Gasteiger charge is -2.58. The number of likely N-dealkylation sites (N-methyl/N-ethyl adjacent to an activating group) is 1. The number of likely N-dealkylation sites (tertiary alicyclic amines) is 1. The van der Waals surface area contributed by atoms with E-state index in [1.165, 1.54) is 12.8 Å². The summed E-state index contributed by atoms with van der Waals surface area (Å²) >= 11 is 0. The average Bonchev–Trinajstić information content (AvgIpc) is 2.44. The van der Waals surface area contributed by atoms with Crippen molar-refractivity contribution < 1.29 is 9.53 Å².